The lowest BCUT2D eigenvalue weighted by molar-refractivity contribution is 0.0522. The van der Waals surface area contributed by atoms with Crippen molar-refractivity contribution in [1.29, 1.82) is 0 Å². The third-order valence-corrected chi connectivity index (χ3v) is 4.77. The van der Waals surface area contributed by atoms with Gasteiger partial charge in [0.2, 0.25) is 0 Å². The highest BCUT2D eigenvalue weighted by atomic mass is 35.5. The summed E-state index contributed by atoms with van der Waals surface area (Å²) in [6.07, 6.45) is 1.48. The van der Waals surface area contributed by atoms with Gasteiger partial charge in [0.15, 0.2) is 5.69 Å². The van der Waals surface area contributed by atoms with E-state index < -0.39 is 5.97 Å². The van der Waals surface area contributed by atoms with E-state index in [-0.39, 0.29) is 29.9 Å². The Hall–Kier alpha value is -3.12. The minimum atomic E-state index is -0.614. The number of ether oxygens (including phenoxy) is 1. The van der Waals surface area contributed by atoms with Gasteiger partial charge in [-0.3, -0.25) is 9.20 Å². The third kappa shape index (κ3) is 2.88. The predicted molar refractivity (Wildman–Crippen MR) is 103 cm³/mol. The van der Waals surface area contributed by atoms with Gasteiger partial charge in [-0.05, 0) is 30.7 Å². The molecule has 136 valence electrons. The molecule has 6 nitrogen and oxygen atoms in total. The molecular weight excluding hydrogens is 366 g/mol. The molecule has 0 aliphatic carbocycles. The van der Waals surface area contributed by atoms with Crippen LogP contribution in [0.4, 0.5) is 0 Å². The number of aromatic nitrogens is 3. The topological polar surface area (TPSA) is 65.6 Å². The monoisotopic (exact) mass is 381 g/mol. The van der Waals surface area contributed by atoms with Gasteiger partial charge in [-0.1, -0.05) is 41.9 Å². The number of para-hydroxylation sites is 2. The van der Waals surface area contributed by atoms with Crippen molar-refractivity contribution in [3.8, 4) is 0 Å². The zero-order chi connectivity index (χ0) is 19.0. The van der Waals surface area contributed by atoms with Crippen LogP contribution >= 0.6 is 11.6 Å². The molecule has 0 spiro atoms. The molecule has 0 aliphatic rings. The summed E-state index contributed by atoms with van der Waals surface area (Å²) in [6.45, 7) is 2.20. The first-order chi connectivity index (χ1) is 13.1. The molecule has 27 heavy (non-hydrogen) atoms. The molecule has 0 fully saturated rings. The van der Waals surface area contributed by atoms with E-state index >= 15 is 0 Å². The van der Waals surface area contributed by atoms with Crippen molar-refractivity contribution in [2.45, 2.75) is 13.5 Å². The molecule has 4 aromatic rings. The molecule has 0 bridgehead atoms. The summed E-state index contributed by atoms with van der Waals surface area (Å²) in [6, 6.07) is 14.8. The highest BCUT2D eigenvalue weighted by Gasteiger charge is 2.21. The number of benzene rings is 2. The van der Waals surface area contributed by atoms with Gasteiger partial charge in [-0.2, -0.15) is 0 Å². The second-order valence-electron chi connectivity index (χ2n) is 6.00. The number of fused-ring (bicyclic) bond motifs is 3. The second kappa shape index (κ2) is 6.89. The van der Waals surface area contributed by atoms with Crippen molar-refractivity contribution in [3.05, 3.63) is 81.5 Å². The van der Waals surface area contributed by atoms with Crippen LogP contribution in [0.3, 0.4) is 0 Å². The van der Waals surface area contributed by atoms with Gasteiger partial charge < -0.3 is 9.30 Å². The lowest BCUT2D eigenvalue weighted by Gasteiger charge is -2.13. The first-order valence-corrected chi connectivity index (χ1v) is 8.88. The van der Waals surface area contributed by atoms with Crippen LogP contribution in [-0.4, -0.2) is 26.5 Å². The highest BCUT2D eigenvalue weighted by molar-refractivity contribution is 6.31. The molecule has 0 aliphatic heterocycles. The fraction of sp³-hybridized carbons (Fsp3) is 0.150. The zero-order valence-corrected chi connectivity index (χ0v) is 15.3. The maximum atomic E-state index is 13.3. The lowest BCUT2D eigenvalue weighted by atomic mass is 10.2. The molecule has 0 saturated heterocycles. The van der Waals surface area contributed by atoms with E-state index in [4.69, 9.17) is 16.3 Å². The molecule has 0 unspecified atom stereocenters. The van der Waals surface area contributed by atoms with Crippen molar-refractivity contribution >= 4 is 34.1 Å². The van der Waals surface area contributed by atoms with Crippen LogP contribution < -0.4 is 5.56 Å². The molecule has 0 atom stereocenters. The van der Waals surface area contributed by atoms with Crippen molar-refractivity contribution in [3.63, 3.8) is 0 Å². The van der Waals surface area contributed by atoms with Crippen LogP contribution in [-0.2, 0) is 11.3 Å². The summed E-state index contributed by atoms with van der Waals surface area (Å²) in [5, 5.41) is 0.576. The van der Waals surface area contributed by atoms with Crippen LogP contribution in [0.1, 0.15) is 23.0 Å². The molecule has 0 radical (unpaired) electrons. The Labute approximate surface area is 159 Å². The average molecular weight is 382 g/mol. The summed E-state index contributed by atoms with van der Waals surface area (Å²) < 4.78 is 8.29. The molecule has 0 amide bonds. The van der Waals surface area contributed by atoms with Crippen molar-refractivity contribution in [1.82, 2.24) is 14.0 Å². The first-order valence-electron chi connectivity index (χ1n) is 8.51. The molecular formula is C20H16ClN3O3. The summed E-state index contributed by atoms with van der Waals surface area (Å²) >= 11 is 6.29. The Morgan fingerprint density at radius 2 is 1.81 bits per heavy atom. The van der Waals surface area contributed by atoms with Gasteiger partial charge >= 0.3 is 5.97 Å². The van der Waals surface area contributed by atoms with E-state index in [1.807, 2.05) is 42.5 Å². The Morgan fingerprint density at radius 1 is 1.11 bits per heavy atom. The maximum Gasteiger partial charge on any atom is 0.359 e. The molecule has 2 aromatic heterocycles. The Balaban J connectivity index is 2.03. The molecule has 0 saturated carbocycles. The maximum absolute atomic E-state index is 13.3. The standard InChI is InChI=1S/C20H16ClN3O3/c1-2-27-20(26)17-18-19(25)23(11-13-7-3-4-8-14(13)21)15-9-5-6-10-16(15)24(18)12-22-17/h3-10,12H,2,11H2,1H3. The Kier molecular flexibility index (Phi) is 4.41. The minimum Gasteiger partial charge on any atom is -0.461 e. The summed E-state index contributed by atoms with van der Waals surface area (Å²) in [5.74, 6) is -0.614. The molecule has 2 aromatic carbocycles. The van der Waals surface area contributed by atoms with Gasteiger partial charge in [0, 0.05) is 5.02 Å². The van der Waals surface area contributed by atoms with Gasteiger partial charge in [0.25, 0.3) is 5.56 Å². The molecule has 2 heterocycles. The lowest BCUT2D eigenvalue weighted by Crippen LogP contribution is -2.25. The largest absolute Gasteiger partial charge is 0.461 e. The number of hydrogen-bond donors (Lipinski definition) is 0. The van der Waals surface area contributed by atoms with Crippen LogP contribution in [0.2, 0.25) is 5.02 Å². The van der Waals surface area contributed by atoms with Gasteiger partial charge in [0.05, 0.1) is 24.2 Å². The number of carbonyl (C=O) groups is 1. The Bertz CT molecular complexity index is 1230. The van der Waals surface area contributed by atoms with Gasteiger partial charge in [-0.15, -0.1) is 0 Å². The zero-order valence-electron chi connectivity index (χ0n) is 14.6. The fourth-order valence-corrected chi connectivity index (χ4v) is 3.37. The van der Waals surface area contributed by atoms with E-state index in [9.17, 15) is 9.59 Å². The van der Waals surface area contributed by atoms with E-state index in [1.54, 1.807) is 22.0 Å². The number of imidazole rings is 1. The number of nitrogens with zero attached hydrogens (tertiary/aromatic N) is 3. The quantitative estimate of drug-likeness (QED) is 0.507. The summed E-state index contributed by atoms with van der Waals surface area (Å²) in [5.41, 5.74) is 2.19. The summed E-state index contributed by atoms with van der Waals surface area (Å²) in [4.78, 5) is 29.7. The SMILES string of the molecule is CCOC(=O)c1ncn2c1c(=O)n(Cc1ccccc1Cl)c1ccccc12. The minimum absolute atomic E-state index is 0.0144. The van der Waals surface area contributed by atoms with Crippen molar-refractivity contribution in [2.24, 2.45) is 0 Å². The number of hydrogen-bond acceptors (Lipinski definition) is 4. The number of esters is 1. The molecule has 7 heteroatoms. The van der Waals surface area contributed by atoms with E-state index in [2.05, 4.69) is 4.98 Å². The van der Waals surface area contributed by atoms with Crippen molar-refractivity contribution in [2.75, 3.05) is 6.61 Å². The van der Waals surface area contributed by atoms with Gasteiger partial charge in [0.1, 0.15) is 11.8 Å². The number of rotatable bonds is 4. The van der Waals surface area contributed by atoms with Crippen LogP contribution in [0, 0.1) is 0 Å². The number of carbonyl (C=O) groups excluding carboxylic acids is 1. The van der Waals surface area contributed by atoms with E-state index in [0.29, 0.717) is 5.02 Å². The van der Waals surface area contributed by atoms with Crippen LogP contribution in [0.25, 0.3) is 16.6 Å². The van der Waals surface area contributed by atoms with Crippen LogP contribution in [0.5, 0.6) is 0 Å². The summed E-state index contributed by atoms with van der Waals surface area (Å²) in [7, 11) is 0. The van der Waals surface area contributed by atoms with E-state index in [0.717, 1.165) is 16.6 Å². The third-order valence-electron chi connectivity index (χ3n) is 4.40. The normalized spacial score (nSPS) is 11.2. The van der Waals surface area contributed by atoms with Crippen molar-refractivity contribution < 1.29 is 9.53 Å². The highest BCUT2D eigenvalue weighted by Crippen LogP contribution is 2.21. The average Bonchev–Trinajstić information content (AvgIpc) is 3.12. The predicted octanol–water partition coefficient (Wildman–Crippen LogP) is 3.53. The van der Waals surface area contributed by atoms with Crippen LogP contribution in [0.15, 0.2) is 59.7 Å². The Morgan fingerprint density at radius 3 is 2.56 bits per heavy atom. The fourth-order valence-electron chi connectivity index (χ4n) is 3.17. The number of halogens is 1. The smallest absolute Gasteiger partial charge is 0.359 e. The molecule has 0 N–H and O–H groups in total. The molecule has 4 rings (SSSR count). The van der Waals surface area contributed by atoms with E-state index in [1.165, 1.54) is 6.33 Å². The first kappa shape index (κ1) is 17.3. The second-order valence-corrected chi connectivity index (χ2v) is 6.41. The van der Waals surface area contributed by atoms with Gasteiger partial charge in [-0.25, -0.2) is 9.78 Å².